The molecule has 0 aliphatic heterocycles. The molecule has 2 aliphatic rings. The topological polar surface area (TPSA) is 91.6 Å². The summed E-state index contributed by atoms with van der Waals surface area (Å²) < 4.78 is 92.7. The van der Waals surface area contributed by atoms with Crippen LogP contribution in [0, 0.1) is 0 Å². The fraction of sp³-hybridized carbons (Fsp3) is 1.00. The second-order valence-corrected chi connectivity index (χ2v) is 15.6. The minimum atomic E-state index is -6.02. The molecule has 2 aliphatic carbocycles. The first-order valence-electron chi connectivity index (χ1n) is 9.97. The Morgan fingerprint density at radius 1 is 0.931 bits per heavy atom. The van der Waals surface area contributed by atoms with Crippen LogP contribution in [0.4, 0.5) is 13.2 Å². The van der Waals surface area contributed by atoms with E-state index in [0.717, 1.165) is 45.1 Å². The highest BCUT2D eigenvalue weighted by Gasteiger charge is 2.43. The maximum absolute atomic E-state index is 12.4. The van der Waals surface area contributed by atoms with Crippen LogP contribution in [-0.4, -0.2) is 48.2 Å². The van der Waals surface area contributed by atoms with Crippen LogP contribution in [0.25, 0.3) is 4.13 Å². The third kappa shape index (κ3) is 7.76. The lowest BCUT2D eigenvalue weighted by molar-refractivity contribution is -0.726. The van der Waals surface area contributed by atoms with E-state index < -0.39 is 30.8 Å². The van der Waals surface area contributed by atoms with E-state index >= 15 is 0 Å². The minimum Gasteiger partial charge on any atom is -0.428 e. The van der Waals surface area contributed by atoms with Crippen molar-refractivity contribution < 1.29 is 55.9 Å². The number of alkyl halides is 5. The maximum atomic E-state index is 12.4. The molecule has 0 aromatic heterocycles. The number of nitrogens with zero attached hydrogens (tertiary/aromatic N) is 1. The van der Waals surface area contributed by atoms with E-state index in [1.165, 1.54) is 0 Å². The van der Waals surface area contributed by atoms with Gasteiger partial charge in [0.2, 0.25) is 0 Å². The summed E-state index contributed by atoms with van der Waals surface area (Å²) in [7, 11) is -10.7. The van der Waals surface area contributed by atoms with Crippen LogP contribution >= 0.6 is 0 Å². The van der Waals surface area contributed by atoms with Gasteiger partial charge in [-0.05, 0) is 57.8 Å². The second kappa shape index (κ2) is 10.8. The van der Waals surface area contributed by atoms with Gasteiger partial charge in [-0.2, -0.15) is 13.2 Å². The van der Waals surface area contributed by atoms with E-state index in [2.05, 4.69) is 11.1 Å². The van der Waals surface area contributed by atoms with Gasteiger partial charge < -0.3 is 8.86 Å². The molecule has 0 amide bonds. The van der Waals surface area contributed by atoms with Gasteiger partial charge in [0, 0.05) is 11.9 Å². The maximum Gasteiger partial charge on any atom is 0.480 e. The average molecular weight is 575 g/mol. The zero-order valence-electron chi connectivity index (χ0n) is 16.4. The van der Waals surface area contributed by atoms with Crippen LogP contribution in [0.3, 0.4) is 0 Å². The molecule has 0 bridgehead atoms. The summed E-state index contributed by atoms with van der Waals surface area (Å²) >= 11 is -0.136. The number of unbranched alkanes of at least 4 members (excludes halogenated alkanes) is 1. The van der Waals surface area contributed by atoms with Crippen molar-refractivity contribution in [3.63, 3.8) is 0 Å². The van der Waals surface area contributed by atoms with Crippen molar-refractivity contribution in [3.05, 3.63) is 4.13 Å². The van der Waals surface area contributed by atoms with Crippen molar-refractivity contribution in [1.82, 2.24) is 0 Å². The van der Waals surface area contributed by atoms with E-state index in [1.807, 2.05) is 0 Å². The third-order valence-corrected chi connectivity index (χ3v) is 13.4. The first-order valence-corrected chi connectivity index (χ1v) is 15.4. The molecular weight excluding hydrogens is 546 g/mol. The first kappa shape index (κ1) is 25.6. The highest BCUT2D eigenvalue weighted by molar-refractivity contribution is 8.12. The van der Waals surface area contributed by atoms with Gasteiger partial charge in [0.25, 0.3) is 21.2 Å². The van der Waals surface area contributed by atoms with Crippen molar-refractivity contribution in [2.75, 3.05) is 6.61 Å². The molecule has 2 fully saturated rings. The zero-order chi connectivity index (χ0) is 21.7. The van der Waals surface area contributed by atoms with Gasteiger partial charge >= 0.3 is 5.51 Å². The molecule has 0 saturated heterocycles. The molecule has 0 aromatic rings. The third-order valence-electron chi connectivity index (χ3n) is 5.33. The molecule has 0 N–H and O–H groups in total. The number of hydrogen-bond acceptors (Lipinski definition) is 5. The SMILES string of the molecule is CCCCOC1CCC([I+]C2CCC(S(=O)(=O)[N-]S(=O)(=O)C(F)(F)F)CC2)CC1. The largest absolute Gasteiger partial charge is 0.480 e. The van der Waals surface area contributed by atoms with E-state index in [-0.39, 0.29) is 34.0 Å². The molecule has 0 heterocycles. The standard InChI is InChI=1S/C17H29F3INO5S2/c1-2-3-12-27-15-8-4-13(5-9-15)21-14-6-10-16(11-7-14)28(23,24)22-29(25,26)17(18,19)20/h13-16H,2-12H2,1H3. The molecule has 0 spiro atoms. The Morgan fingerprint density at radius 2 is 1.45 bits per heavy atom. The van der Waals surface area contributed by atoms with Crippen LogP contribution in [0.1, 0.15) is 71.1 Å². The predicted octanol–water partition coefficient (Wildman–Crippen LogP) is 1.07. The molecule has 0 atom stereocenters. The Morgan fingerprint density at radius 3 is 1.93 bits per heavy atom. The molecule has 12 heteroatoms. The lowest BCUT2D eigenvalue weighted by Gasteiger charge is -2.31. The smallest absolute Gasteiger partial charge is 0.428 e. The highest BCUT2D eigenvalue weighted by Crippen LogP contribution is 2.34. The summed E-state index contributed by atoms with van der Waals surface area (Å²) in [6.45, 7) is 2.95. The van der Waals surface area contributed by atoms with E-state index in [4.69, 9.17) is 4.74 Å². The van der Waals surface area contributed by atoms with E-state index in [9.17, 15) is 30.0 Å². The molecule has 29 heavy (non-hydrogen) atoms. The summed E-state index contributed by atoms with van der Waals surface area (Å²) in [5, 5.41) is -1.14. The van der Waals surface area contributed by atoms with Crippen molar-refractivity contribution in [2.45, 2.75) is 95.8 Å². The monoisotopic (exact) mass is 575 g/mol. The number of rotatable bonds is 9. The van der Waals surface area contributed by atoms with Crippen LogP contribution < -0.4 is 21.2 Å². The van der Waals surface area contributed by atoms with Gasteiger partial charge in [-0.3, -0.25) is 0 Å². The average Bonchev–Trinajstić information content (AvgIpc) is 2.62. The molecule has 0 unspecified atom stereocenters. The van der Waals surface area contributed by atoms with Gasteiger partial charge in [0.05, 0.1) is 16.1 Å². The van der Waals surface area contributed by atoms with Crippen LogP contribution in [0.15, 0.2) is 0 Å². The molecule has 172 valence electrons. The summed E-state index contributed by atoms with van der Waals surface area (Å²) in [6, 6.07) is 0. The zero-order valence-corrected chi connectivity index (χ0v) is 20.2. The highest BCUT2D eigenvalue weighted by atomic mass is 127. The molecule has 0 aromatic carbocycles. The normalized spacial score (nSPS) is 29.7. The van der Waals surface area contributed by atoms with Gasteiger partial charge in [-0.1, -0.05) is 13.3 Å². The van der Waals surface area contributed by atoms with Crippen LogP contribution in [-0.2, 0) is 24.8 Å². The molecule has 2 rings (SSSR count). The second-order valence-electron chi connectivity index (χ2n) is 7.61. The lowest BCUT2D eigenvalue weighted by Crippen LogP contribution is -3.68. The number of ether oxygens (including phenoxy) is 1. The van der Waals surface area contributed by atoms with Crippen LogP contribution in [0.2, 0.25) is 0 Å². The van der Waals surface area contributed by atoms with Crippen molar-refractivity contribution in [3.8, 4) is 0 Å². The van der Waals surface area contributed by atoms with Crippen molar-refractivity contribution >= 4 is 20.0 Å². The van der Waals surface area contributed by atoms with E-state index in [1.54, 1.807) is 0 Å². The molecule has 6 nitrogen and oxygen atoms in total. The fourth-order valence-corrected chi connectivity index (χ4v) is 10.7. The van der Waals surface area contributed by atoms with Crippen LogP contribution in [0.5, 0.6) is 0 Å². The van der Waals surface area contributed by atoms with Gasteiger partial charge in [0.1, 0.15) is 0 Å². The van der Waals surface area contributed by atoms with Crippen molar-refractivity contribution in [2.24, 2.45) is 0 Å². The summed E-state index contributed by atoms with van der Waals surface area (Å²) in [6.07, 6.45) is 8.51. The Bertz CT molecular complexity index is 714. The summed E-state index contributed by atoms with van der Waals surface area (Å²) in [5.74, 6) is 0. The van der Waals surface area contributed by atoms with E-state index in [0.29, 0.717) is 26.8 Å². The molecular formula is C17H29F3INO5S2. The number of hydrogen-bond donors (Lipinski definition) is 0. The Kier molecular flexibility index (Phi) is 9.51. The van der Waals surface area contributed by atoms with Crippen molar-refractivity contribution in [1.29, 1.82) is 0 Å². The summed E-state index contributed by atoms with van der Waals surface area (Å²) in [4.78, 5) is 0. The Labute approximate surface area is 182 Å². The lowest BCUT2D eigenvalue weighted by atomic mass is 9.98. The molecule has 2 saturated carbocycles. The summed E-state index contributed by atoms with van der Waals surface area (Å²) in [5.41, 5.74) is -5.69. The van der Waals surface area contributed by atoms with Gasteiger partial charge in [0.15, 0.2) is 17.9 Å². The van der Waals surface area contributed by atoms with Gasteiger partial charge in [-0.15, -0.1) is 0 Å². The molecule has 0 radical (unpaired) electrons. The Balaban J connectivity index is 1.75. The number of halogens is 4. The first-order chi connectivity index (χ1) is 13.4. The Hall–Kier alpha value is 0.340. The number of sulfonamides is 2. The predicted molar refractivity (Wildman–Crippen MR) is 100 cm³/mol. The minimum absolute atomic E-state index is 0.136. The fourth-order valence-electron chi connectivity index (χ4n) is 3.65. The van der Waals surface area contributed by atoms with Gasteiger partial charge in [-0.25, -0.2) is 16.8 Å². The quantitative estimate of drug-likeness (QED) is 0.233.